The van der Waals surface area contributed by atoms with Gasteiger partial charge in [-0.2, -0.15) is 0 Å². The summed E-state index contributed by atoms with van der Waals surface area (Å²) in [5, 5.41) is 7.69. The molecule has 0 atom stereocenters. The van der Waals surface area contributed by atoms with Gasteiger partial charge in [-0.25, -0.2) is 0 Å². The van der Waals surface area contributed by atoms with Crippen LogP contribution in [-0.2, 0) is 0 Å². The number of para-hydroxylation sites is 2. The summed E-state index contributed by atoms with van der Waals surface area (Å²) in [7, 11) is 0. The number of rotatable bonds is 4. The minimum atomic E-state index is 1.12. The molecule has 40 heavy (non-hydrogen) atoms. The zero-order valence-corrected chi connectivity index (χ0v) is 21.9. The van der Waals surface area contributed by atoms with Crippen molar-refractivity contribution < 1.29 is 0 Å². The second-order valence-corrected chi connectivity index (χ2v) is 10.2. The van der Waals surface area contributed by atoms with E-state index in [1.54, 1.807) is 0 Å². The van der Waals surface area contributed by atoms with Gasteiger partial charge in [-0.1, -0.05) is 103 Å². The second kappa shape index (κ2) is 9.14. The predicted octanol–water partition coefficient (Wildman–Crippen LogP) is 10.6. The summed E-state index contributed by atoms with van der Waals surface area (Å²) >= 11 is 0. The van der Waals surface area contributed by atoms with E-state index in [-0.39, 0.29) is 0 Å². The first-order valence-electron chi connectivity index (χ1n) is 13.7. The van der Waals surface area contributed by atoms with Crippen LogP contribution in [0.4, 0.5) is 17.1 Å². The fourth-order valence-electron chi connectivity index (χ4n) is 6.20. The summed E-state index contributed by atoms with van der Waals surface area (Å²) in [6, 6.07) is 56.6. The topological polar surface area (TPSA) is 8.17 Å². The number of aromatic nitrogens is 1. The molecule has 0 aliphatic carbocycles. The lowest BCUT2D eigenvalue weighted by Crippen LogP contribution is -2.10. The van der Waals surface area contributed by atoms with Crippen molar-refractivity contribution in [2.24, 2.45) is 0 Å². The highest BCUT2D eigenvalue weighted by molar-refractivity contribution is 6.28. The van der Waals surface area contributed by atoms with Gasteiger partial charge in [0.25, 0.3) is 0 Å². The highest BCUT2D eigenvalue weighted by atomic mass is 15.1. The zero-order valence-electron chi connectivity index (χ0n) is 21.9. The van der Waals surface area contributed by atoms with Crippen molar-refractivity contribution in [1.82, 2.24) is 4.57 Å². The van der Waals surface area contributed by atoms with Crippen molar-refractivity contribution in [1.29, 1.82) is 0 Å². The Balaban J connectivity index is 1.44. The van der Waals surface area contributed by atoms with Gasteiger partial charge in [0.1, 0.15) is 0 Å². The van der Waals surface area contributed by atoms with Crippen molar-refractivity contribution in [3.63, 3.8) is 0 Å². The summed E-state index contributed by atoms with van der Waals surface area (Å²) in [6.07, 6.45) is 0. The van der Waals surface area contributed by atoms with E-state index in [9.17, 15) is 0 Å². The second-order valence-electron chi connectivity index (χ2n) is 10.2. The van der Waals surface area contributed by atoms with Gasteiger partial charge in [0.05, 0.1) is 11.0 Å². The highest BCUT2D eigenvalue weighted by Gasteiger charge is 2.18. The lowest BCUT2D eigenvalue weighted by molar-refractivity contribution is 1.17. The number of hydrogen-bond donors (Lipinski definition) is 0. The molecule has 0 unspecified atom stereocenters. The van der Waals surface area contributed by atoms with Crippen molar-refractivity contribution in [2.45, 2.75) is 0 Å². The minimum absolute atomic E-state index is 1.12. The molecule has 0 fully saturated rings. The molecule has 188 valence electrons. The van der Waals surface area contributed by atoms with Crippen molar-refractivity contribution in [2.75, 3.05) is 4.90 Å². The van der Waals surface area contributed by atoms with Gasteiger partial charge in [0.15, 0.2) is 0 Å². The lowest BCUT2D eigenvalue weighted by atomic mass is 10.00. The van der Waals surface area contributed by atoms with E-state index in [0.29, 0.717) is 0 Å². The number of fused-ring (bicyclic) bond motifs is 7. The smallest absolute Gasteiger partial charge is 0.0547 e. The fourth-order valence-corrected chi connectivity index (χ4v) is 6.20. The van der Waals surface area contributed by atoms with Crippen LogP contribution >= 0.6 is 0 Å². The average molecular weight is 511 g/mol. The van der Waals surface area contributed by atoms with E-state index in [4.69, 9.17) is 0 Å². The predicted molar refractivity (Wildman–Crippen MR) is 170 cm³/mol. The average Bonchev–Trinajstić information content (AvgIpc) is 3.38. The van der Waals surface area contributed by atoms with Crippen LogP contribution in [-0.4, -0.2) is 4.57 Å². The van der Waals surface area contributed by atoms with E-state index in [0.717, 1.165) is 22.7 Å². The van der Waals surface area contributed by atoms with E-state index in [2.05, 4.69) is 167 Å². The molecule has 2 nitrogen and oxygen atoms in total. The normalized spacial score (nSPS) is 11.5. The molecule has 0 saturated carbocycles. The largest absolute Gasteiger partial charge is 0.310 e. The van der Waals surface area contributed by atoms with E-state index >= 15 is 0 Å². The molecule has 8 rings (SSSR count). The first-order valence-corrected chi connectivity index (χ1v) is 13.7. The number of anilines is 3. The third-order valence-electron chi connectivity index (χ3n) is 7.92. The van der Waals surface area contributed by atoms with Crippen LogP contribution in [0.1, 0.15) is 0 Å². The summed E-state index contributed by atoms with van der Waals surface area (Å²) in [5.74, 6) is 0. The van der Waals surface area contributed by atoms with Crippen LogP contribution in [0.5, 0.6) is 0 Å². The summed E-state index contributed by atoms with van der Waals surface area (Å²) in [5.41, 5.74) is 6.95. The van der Waals surface area contributed by atoms with Gasteiger partial charge >= 0.3 is 0 Å². The van der Waals surface area contributed by atoms with Crippen LogP contribution in [0.3, 0.4) is 0 Å². The number of hydrogen-bond acceptors (Lipinski definition) is 1. The van der Waals surface area contributed by atoms with Gasteiger partial charge in [-0.05, 0) is 76.1 Å². The molecule has 2 heteroatoms. The van der Waals surface area contributed by atoms with Crippen molar-refractivity contribution in [3.05, 3.63) is 158 Å². The third kappa shape index (κ3) is 3.50. The van der Waals surface area contributed by atoms with Crippen LogP contribution in [0.25, 0.3) is 49.0 Å². The standard InChI is InChI=1S/C38H26N2/c1-3-14-29(15-4-1)39(30-16-5-2-6-17-30)31-18-11-19-32(26-31)40-35-24-22-27-12-7-9-20-33(27)37(35)38-34-21-10-8-13-28(34)23-25-36(38)40/h1-26H. The van der Waals surface area contributed by atoms with E-state index in [1.165, 1.54) is 43.4 Å². The Morgan fingerprint density at radius 1 is 0.375 bits per heavy atom. The molecule has 1 aromatic heterocycles. The molecule has 7 aromatic carbocycles. The maximum Gasteiger partial charge on any atom is 0.0547 e. The SMILES string of the molecule is c1ccc(N(c2ccccc2)c2cccc(-n3c4ccc5ccccc5c4c4c5ccccc5ccc43)c2)cc1. The quantitative estimate of drug-likeness (QED) is 0.229. The van der Waals surface area contributed by atoms with Crippen molar-refractivity contribution in [3.8, 4) is 5.69 Å². The Labute approximate surface area is 233 Å². The van der Waals surface area contributed by atoms with Gasteiger partial charge in [-0.15, -0.1) is 0 Å². The summed E-state index contributed by atoms with van der Waals surface area (Å²) in [6.45, 7) is 0. The van der Waals surface area contributed by atoms with Gasteiger partial charge in [0, 0.05) is 33.5 Å². The van der Waals surface area contributed by atoms with E-state index in [1.807, 2.05) is 0 Å². The summed E-state index contributed by atoms with van der Waals surface area (Å²) < 4.78 is 2.43. The molecular weight excluding hydrogens is 484 g/mol. The number of benzene rings is 7. The first kappa shape index (κ1) is 22.6. The minimum Gasteiger partial charge on any atom is -0.310 e. The molecule has 0 saturated heterocycles. The Morgan fingerprint density at radius 3 is 1.40 bits per heavy atom. The van der Waals surface area contributed by atoms with Crippen LogP contribution in [0.2, 0.25) is 0 Å². The lowest BCUT2D eigenvalue weighted by Gasteiger charge is -2.26. The van der Waals surface area contributed by atoms with Crippen LogP contribution < -0.4 is 4.90 Å². The molecule has 8 aromatic rings. The van der Waals surface area contributed by atoms with Crippen LogP contribution in [0.15, 0.2) is 158 Å². The monoisotopic (exact) mass is 510 g/mol. The maximum absolute atomic E-state index is 2.43. The zero-order chi connectivity index (χ0) is 26.5. The molecule has 0 aliphatic rings. The van der Waals surface area contributed by atoms with Gasteiger partial charge < -0.3 is 9.47 Å². The maximum atomic E-state index is 2.43. The van der Waals surface area contributed by atoms with Crippen molar-refractivity contribution >= 4 is 60.4 Å². The first-order chi connectivity index (χ1) is 19.9. The molecule has 0 amide bonds. The summed E-state index contributed by atoms with van der Waals surface area (Å²) in [4.78, 5) is 2.32. The molecule has 0 aliphatic heterocycles. The highest BCUT2D eigenvalue weighted by Crippen LogP contribution is 2.42. The molecule has 0 bridgehead atoms. The van der Waals surface area contributed by atoms with E-state index < -0.39 is 0 Å². The fraction of sp³-hybridized carbons (Fsp3) is 0. The Bertz CT molecular complexity index is 2030. The molecular formula is C38H26N2. The Hall–Kier alpha value is -5.34. The Morgan fingerprint density at radius 2 is 0.850 bits per heavy atom. The molecule has 0 spiro atoms. The molecule has 1 heterocycles. The van der Waals surface area contributed by atoms with Crippen LogP contribution in [0, 0.1) is 0 Å². The Kier molecular flexibility index (Phi) is 5.17. The third-order valence-corrected chi connectivity index (χ3v) is 7.92. The van der Waals surface area contributed by atoms with Gasteiger partial charge in [0.2, 0.25) is 0 Å². The number of nitrogens with zero attached hydrogens (tertiary/aromatic N) is 2. The molecule has 0 N–H and O–H groups in total. The molecule has 0 radical (unpaired) electrons. The van der Waals surface area contributed by atoms with Gasteiger partial charge in [-0.3, -0.25) is 0 Å².